The van der Waals surface area contributed by atoms with Gasteiger partial charge in [-0.25, -0.2) is 0 Å². The van der Waals surface area contributed by atoms with Gasteiger partial charge in [0.1, 0.15) is 0 Å². The summed E-state index contributed by atoms with van der Waals surface area (Å²) in [5, 5.41) is 11.9. The van der Waals surface area contributed by atoms with Gasteiger partial charge in [-0.15, -0.1) is 21.5 Å². The van der Waals surface area contributed by atoms with Gasteiger partial charge in [0, 0.05) is 6.04 Å². The molecular formula is C13H17N3S2. The largest absolute Gasteiger partial charge is 0.298 e. The Morgan fingerprint density at radius 2 is 2.11 bits per heavy atom. The average Bonchev–Trinajstić information content (AvgIpc) is 3.08. The smallest absolute Gasteiger partial charge is 0.191 e. The highest BCUT2D eigenvalue weighted by Gasteiger charge is 2.23. The predicted octanol–water partition coefficient (Wildman–Crippen LogP) is 4.23. The summed E-state index contributed by atoms with van der Waals surface area (Å²) in [6.45, 7) is 0. The number of aromatic nitrogens is 3. The van der Waals surface area contributed by atoms with Crippen LogP contribution in [0.5, 0.6) is 0 Å². The topological polar surface area (TPSA) is 30.7 Å². The average molecular weight is 279 g/mol. The van der Waals surface area contributed by atoms with E-state index in [1.165, 1.54) is 37.0 Å². The lowest BCUT2D eigenvalue weighted by atomic mass is 9.95. The van der Waals surface area contributed by atoms with Crippen LogP contribution in [0.15, 0.2) is 22.7 Å². The van der Waals surface area contributed by atoms with Gasteiger partial charge >= 0.3 is 0 Å². The van der Waals surface area contributed by atoms with Gasteiger partial charge in [-0.1, -0.05) is 37.1 Å². The molecule has 3 nitrogen and oxygen atoms in total. The van der Waals surface area contributed by atoms with Crippen molar-refractivity contribution < 1.29 is 0 Å². The quantitative estimate of drug-likeness (QED) is 0.788. The summed E-state index contributed by atoms with van der Waals surface area (Å²) >= 11 is 3.45. The molecule has 2 aromatic heterocycles. The Bertz CT molecular complexity index is 498. The van der Waals surface area contributed by atoms with Crippen molar-refractivity contribution in [2.45, 2.75) is 43.3 Å². The monoisotopic (exact) mass is 279 g/mol. The minimum atomic E-state index is 0.591. The molecule has 1 aliphatic carbocycles. The first-order chi connectivity index (χ1) is 8.90. The summed E-state index contributed by atoms with van der Waals surface area (Å²) in [5.74, 6) is 1.06. The first-order valence-corrected chi connectivity index (χ1v) is 8.53. The molecule has 0 atom stereocenters. The number of thiophene rings is 1. The third-order valence-electron chi connectivity index (χ3n) is 3.53. The maximum atomic E-state index is 4.41. The highest BCUT2D eigenvalue weighted by molar-refractivity contribution is 7.98. The van der Waals surface area contributed by atoms with Crippen molar-refractivity contribution in [1.29, 1.82) is 0 Å². The van der Waals surface area contributed by atoms with Crippen LogP contribution in [0, 0.1) is 0 Å². The second kappa shape index (κ2) is 5.45. The lowest BCUT2D eigenvalue weighted by Crippen LogP contribution is -2.14. The first kappa shape index (κ1) is 12.2. The SMILES string of the molecule is CSc1nnc(-c2cccs2)n1C1CCCCC1. The second-order valence-electron chi connectivity index (χ2n) is 4.65. The van der Waals surface area contributed by atoms with Gasteiger partial charge in [0.15, 0.2) is 11.0 Å². The molecular weight excluding hydrogens is 262 g/mol. The third-order valence-corrected chi connectivity index (χ3v) is 5.04. The van der Waals surface area contributed by atoms with Gasteiger partial charge in [-0.3, -0.25) is 4.57 Å². The number of rotatable bonds is 3. The molecule has 0 spiro atoms. The van der Waals surface area contributed by atoms with Crippen LogP contribution in [-0.2, 0) is 0 Å². The molecule has 5 heteroatoms. The van der Waals surface area contributed by atoms with Gasteiger partial charge in [0.05, 0.1) is 4.88 Å². The zero-order valence-electron chi connectivity index (χ0n) is 10.5. The van der Waals surface area contributed by atoms with Crippen LogP contribution in [0.4, 0.5) is 0 Å². The van der Waals surface area contributed by atoms with E-state index in [4.69, 9.17) is 0 Å². The summed E-state index contributed by atoms with van der Waals surface area (Å²) < 4.78 is 2.37. The van der Waals surface area contributed by atoms with Gasteiger partial charge in [-0.05, 0) is 30.5 Å². The lowest BCUT2D eigenvalue weighted by Gasteiger charge is -2.25. The van der Waals surface area contributed by atoms with Crippen molar-refractivity contribution in [3.05, 3.63) is 17.5 Å². The van der Waals surface area contributed by atoms with Crippen molar-refractivity contribution in [3.63, 3.8) is 0 Å². The van der Waals surface area contributed by atoms with Crippen molar-refractivity contribution in [1.82, 2.24) is 14.8 Å². The fraction of sp³-hybridized carbons (Fsp3) is 0.538. The minimum absolute atomic E-state index is 0.591. The van der Waals surface area contributed by atoms with Crippen LogP contribution in [0.3, 0.4) is 0 Å². The molecule has 0 amide bonds. The molecule has 18 heavy (non-hydrogen) atoms. The molecule has 3 rings (SSSR count). The molecule has 0 N–H and O–H groups in total. The molecule has 2 heterocycles. The zero-order chi connectivity index (χ0) is 12.4. The normalized spacial score (nSPS) is 17.2. The standard InChI is InChI=1S/C13H17N3S2/c1-17-13-15-14-12(11-8-5-9-18-11)16(13)10-6-3-2-4-7-10/h5,8-10H,2-4,6-7H2,1H3. The summed E-state index contributed by atoms with van der Waals surface area (Å²) in [7, 11) is 0. The predicted molar refractivity (Wildman–Crippen MR) is 77.2 cm³/mol. The van der Waals surface area contributed by atoms with Crippen LogP contribution >= 0.6 is 23.1 Å². The van der Waals surface area contributed by atoms with E-state index in [2.05, 4.69) is 38.5 Å². The van der Waals surface area contributed by atoms with Crippen LogP contribution in [0.2, 0.25) is 0 Å². The maximum absolute atomic E-state index is 4.41. The Labute approximate surface area is 116 Å². The highest BCUT2D eigenvalue weighted by Crippen LogP contribution is 2.36. The summed E-state index contributed by atoms with van der Waals surface area (Å²) in [6, 6.07) is 4.81. The molecule has 1 saturated carbocycles. The van der Waals surface area contributed by atoms with E-state index >= 15 is 0 Å². The zero-order valence-corrected chi connectivity index (χ0v) is 12.1. The molecule has 0 saturated heterocycles. The number of hydrogen-bond donors (Lipinski definition) is 0. The van der Waals surface area contributed by atoms with E-state index in [9.17, 15) is 0 Å². The fourth-order valence-corrected chi connectivity index (χ4v) is 3.92. The molecule has 1 aliphatic rings. The molecule has 0 unspecified atom stereocenters. The van der Waals surface area contributed by atoms with Crippen LogP contribution in [-0.4, -0.2) is 21.0 Å². The van der Waals surface area contributed by atoms with Crippen molar-refractivity contribution in [2.75, 3.05) is 6.26 Å². The molecule has 1 fully saturated rings. The second-order valence-corrected chi connectivity index (χ2v) is 6.37. The van der Waals surface area contributed by atoms with Gasteiger partial charge in [0.25, 0.3) is 0 Å². The van der Waals surface area contributed by atoms with Crippen molar-refractivity contribution in [3.8, 4) is 10.7 Å². The van der Waals surface area contributed by atoms with E-state index in [0.717, 1.165) is 11.0 Å². The molecule has 0 aliphatic heterocycles. The van der Waals surface area contributed by atoms with E-state index in [0.29, 0.717) is 6.04 Å². The Balaban J connectivity index is 2.01. The molecule has 96 valence electrons. The van der Waals surface area contributed by atoms with Crippen molar-refractivity contribution in [2.24, 2.45) is 0 Å². The Kier molecular flexibility index (Phi) is 3.70. The molecule has 0 bridgehead atoms. The Morgan fingerprint density at radius 3 is 2.78 bits per heavy atom. The Hall–Kier alpha value is -0.810. The Morgan fingerprint density at radius 1 is 1.28 bits per heavy atom. The fourth-order valence-electron chi connectivity index (χ4n) is 2.66. The molecule has 0 radical (unpaired) electrons. The third kappa shape index (κ3) is 2.21. The van der Waals surface area contributed by atoms with Crippen molar-refractivity contribution >= 4 is 23.1 Å². The minimum Gasteiger partial charge on any atom is -0.298 e. The van der Waals surface area contributed by atoms with E-state index < -0.39 is 0 Å². The number of nitrogens with zero attached hydrogens (tertiary/aromatic N) is 3. The van der Waals surface area contributed by atoms with E-state index in [1.807, 2.05) is 0 Å². The summed E-state index contributed by atoms with van der Waals surface area (Å²) in [5.41, 5.74) is 0. The van der Waals surface area contributed by atoms with E-state index in [-0.39, 0.29) is 0 Å². The number of thioether (sulfide) groups is 1. The summed E-state index contributed by atoms with van der Waals surface area (Å²) in [6.07, 6.45) is 8.66. The molecule has 0 aromatic carbocycles. The van der Waals surface area contributed by atoms with Crippen LogP contribution in [0.25, 0.3) is 10.7 Å². The van der Waals surface area contributed by atoms with Crippen LogP contribution < -0.4 is 0 Å². The van der Waals surface area contributed by atoms with E-state index in [1.54, 1.807) is 23.1 Å². The highest BCUT2D eigenvalue weighted by atomic mass is 32.2. The van der Waals surface area contributed by atoms with Gasteiger partial charge in [-0.2, -0.15) is 0 Å². The first-order valence-electron chi connectivity index (χ1n) is 6.43. The maximum Gasteiger partial charge on any atom is 0.191 e. The van der Waals surface area contributed by atoms with Gasteiger partial charge < -0.3 is 0 Å². The lowest BCUT2D eigenvalue weighted by molar-refractivity contribution is 0.339. The molecule has 2 aromatic rings. The summed E-state index contributed by atoms with van der Waals surface area (Å²) in [4.78, 5) is 1.23. The van der Waals surface area contributed by atoms with Crippen LogP contribution in [0.1, 0.15) is 38.1 Å². The van der Waals surface area contributed by atoms with Gasteiger partial charge in [0.2, 0.25) is 0 Å². The number of hydrogen-bond acceptors (Lipinski definition) is 4.